The molecule has 18 heavy (non-hydrogen) atoms. The fourth-order valence-corrected chi connectivity index (χ4v) is 2.70. The summed E-state index contributed by atoms with van der Waals surface area (Å²) in [5, 5.41) is 0.689. The molecular weight excluding hydrogens is 266 g/mol. The first-order valence-electron chi connectivity index (χ1n) is 5.80. The van der Waals surface area contributed by atoms with E-state index in [-0.39, 0.29) is 11.5 Å². The zero-order valence-corrected chi connectivity index (χ0v) is 12.0. The van der Waals surface area contributed by atoms with Gasteiger partial charge in [-0.15, -0.1) is 11.3 Å². The van der Waals surface area contributed by atoms with Gasteiger partial charge < -0.3 is 5.73 Å². The first-order chi connectivity index (χ1) is 8.52. The van der Waals surface area contributed by atoms with Crippen LogP contribution in [0.2, 0.25) is 0 Å². The van der Waals surface area contributed by atoms with Crippen LogP contribution >= 0.6 is 23.6 Å². The van der Waals surface area contributed by atoms with Crippen LogP contribution in [-0.4, -0.2) is 14.5 Å². The van der Waals surface area contributed by atoms with Crippen molar-refractivity contribution in [3.63, 3.8) is 0 Å². The Morgan fingerprint density at radius 2 is 2.39 bits per heavy atom. The van der Waals surface area contributed by atoms with Gasteiger partial charge in [0.05, 0.1) is 16.7 Å². The maximum absolute atomic E-state index is 12.3. The first-order valence-corrected chi connectivity index (χ1v) is 7.02. The molecule has 1 atom stereocenters. The van der Waals surface area contributed by atoms with E-state index < -0.39 is 0 Å². The Kier molecular flexibility index (Phi) is 3.77. The lowest BCUT2D eigenvalue weighted by atomic mass is 10.2. The quantitative estimate of drug-likeness (QED) is 0.870. The minimum Gasteiger partial charge on any atom is -0.393 e. The third kappa shape index (κ3) is 2.44. The van der Waals surface area contributed by atoms with Gasteiger partial charge in [0.15, 0.2) is 0 Å². The largest absolute Gasteiger partial charge is 0.393 e. The molecule has 6 heteroatoms. The summed E-state index contributed by atoms with van der Waals surface area (Å²) < 4.78 is 1.58. The van der Waals surface area contributed by atoms with Crippen LogP contribution in [0.4, 0.5) is 0 Å². The van der Waals surface area contributed by atoms with E-state index in [9.17, 15) is 4.79 Å². The van der Waals surface area contributed by atoms with Gasteiger partial charge in [-0.2, -0.15) is 0 Å². The molecule has 0 aliphatic heterocycles. The summed E-state index contributed by atoms with van der Waals surface area (Å²) in [6, 6.07) is 1.93. The number of thiophene rings is 1. The number of aryl methyl sites for hydroxylation is 1. The van der Waals surface area contributed by atoms with Gasteiger partial charge in [0.1, 0.15) is 4.83 Å². The molecule has 0 saturated carbocycles. The zero-order chi connectivity index (χ0) is 13.3. The van der Waals surface area contributed by atoms with Crippen molar-refractivity contribution in [1.29, 1.82) is 0 Å². The summed E-state index contributed by atoms with van der Waals surface area (Å²) in [5.41, 5.74) is 5.56. The highest BCUT2D eigenvalue weighted by atomic mass is 32.1. The molecule has 2 rings (SSSR count). The molecule has 1 unspecified atom stereocenters. The summed E-state index contributed by atoms with van der Waals surface area (Å²) in [7, 11) is 0. The molecular formula is C12H15N3OS2. The molecule has 0 aliphatic rings. The normalized spacial score (nSPS) is 12.8. The Morgan fingerprint density at radius 3 is 3.00 bits per heavy atom. The molecule has 0 fully saturated rings. The van der Waals surface area contributed by atoms with Gasteiger partial charge in [0, 0.05) is 17.3 Å². The maximum Gasteiger partial charge on any atom is 0.262 e. The number of rotatable bonds is 4. The molecule has 0 saturated heterocycles. The van der Waals surface area contributed by atoms with Crippen LogP contribution in [0.15, 0.2) is 17.2 Å². The SMILES string of the molecule is CCc1cc2c(=O)n(CC(C)C(N)=S)cnc2s1. The maximum atomic E-state index is 12.3. The van der Waals surface area contributed by atoms with Crippen molar-refractivity contribution in [2.24, 2.45) is 11.7 Å². The number of hydrogen-bond donors (Lipinski definition) is 1. The van der Waals surface area contributed by atoms with Crippen LogP contribution in [0.3, 0.4) is 0 Å². The van der Waals surface area contributed by atoms with Gasteiger partial charge in [0.2, 0.25) is 0 Å². The molecule has 2 heterocycles. The first kappa shape index (κ1) is 13.2. The predicted octanol–water partition coefficient (Wildman–Crippen LogP) is 1.94. The highest BCUT2D eigenvalue weighted by Gasteiger charge is 2.11. The number of nitrogens with zero attached hydrogens (tertiary/aromatic N) is 2. The van der Waals surface area contributed by atoms with E-state index in [1.165, 1.54) is 4.88 Å². The van der Waals surface area contributed by atoms with E-state index in [0.717, 1.165) is 11.3 Å². The second-order valence-corrected chi connectivity index (χ2v) is 5.88. The Hall–Kier alpha value is -1.27. The van der Waals surface area contributed by atoms with E-state index in [0.29, 0.717) is 16.9 Å². The third-order valence-corrected chi connectivity index (χ3v) is 4.46. The van der Waals surface area contributed by atoms with Crippen LogP contribution in [0.25, 0.3) is 10.2 Å². The molecule has 4 nitrogen and oxygen atoms in total. The van der Waals surface area contributed by atoms with Crippen LogP contribution in [0.5, 0.6) is 0 Å². The van der Waals surface area contributed by atoms with Crippen LogP contribution < -0.4 is 11.3 Å². The summed E-state index contributed by atoms with van der Waals surface area (Å²) in [6.45, 7) is 4.46. The second-order valence-electron chi connectivity index (χ2n) is 4.29. The van der Waals surface area contributed by atoms with Gasteiger partial charge in [-0.1, -0.05) is 26.1 Å². The van der Waals surface area contributed by atoms with Crippen molar-refractivity contribution in [2.45, 2.75) is 26.8 Å². The summed E-state index contributed by atoms with van der Waals surface area (Å²) >= 11 is 6.49. The van der Waals surface area contributed by atoms with Gasteiger partial charge in [-0.05, 0) is 12.5 Å². The Morgan fingerprint density at radius 1 is 1.67 bits per heavy atom. The Balaban J connectivity index is 2.44. The molecule has 0 aromatic carbocycles. The number of aromatic nitrogens is 2. The third-order valence-electron chi connectivity index (χ3n) is 2.87. The average Bonchev–Trinajstić information content (AvgIpc) is 2.76. The number of thiocarbonyl (C=S) groups is 1. The summed E-state index contributed by atoms with van der Waals surface area (Å²) in [4.78, 5) is 19.0. The molecule has 0 radical (unpaired) electrons. The van der Waals surface area contributed by atoms with Gasteiger partial charge in [-0.25, -0.2) is 4.98 Å². The Labute approximate surface area is 114 Å². The van der Waals surface area contributed by atoms with E-state index in [2.05, 4.69) is 11.9 Å². The van der Waals surface area contributed by atoms with E-state index in [1.54, 1.807) is 22.2 Å². The molecule has 0 spiro atoms. The molecule has 2 aromatic heterocycles. The lowest BCUT2D eigenvalue weighted by Gasteiger charge is -2.11. The van der Waals surface area contributed by atoms with Crippen molar-refractivity contribution in [2.75, 3.05) is 0 Å². The smallest absolute Gasteiger partial charge is 0.262 e. The highest BCUT2D eigenvalue weighted by molar-refractivity contribution is 7.80. The Bertz CT molecular complexity index is 644. The van der Waals surface area contributed by atoms with Crippen molar-refractivity contribution in [3.8, 4) is 0 Å². The predicted molar refractivity (Wildman–Crippen MR) is 79.2 cm³/mol. The van der Waals surface area contributed by atoms with Crippen molar-refractivity contribution in [1.82, 2.24) is 9.55 Å². The fourth-order valence-electron chi connectivity index (χ4n) is 1.70. The van der Waals surface area contributed by atoms with Crippen molar-refractivity contribution in [3.05, 3.63) is 27.6 Å². The number of hydrogen-bond acceptors (Lipinski definition) is 4. The van der Waals surface area contributed by atoms with Crippen LogP contribution in [0.1, 0.15) is 18.7 Å². The van der Waals surface area contributed by atoms with Crippen LogP contribution in [0, 0.1) is 5.92 Å². The molecule has 96 valence electrons. The lowest BCUT2D eigenvalue weighted by Crippen LogP contribution is -2.28. The average molecular weight is 281 g/mol. The number of fused-ring (bicyclic) bond motifs is 1. The topological polar surface area (TPSA) is 60.9 Å². The van der Waals surface area contributed by atoms with Gasteiger partial charge >= 0.3 is 0 Å². The van der Waals surface area contributed by atoms with Crippen molar-refractivity contribution >= 4 is 38.8 Å². The summed E-state index contributed by atoms with van der Waals surface area (Å²) in [5.74, 6) is -0.0127. The fraction of sp³-hybridized carbons (Fsp3) is 0.417. The van der Waals surface area contributed by atoms with Crippen molar-refractivity contribution < 1.29 is 0 Å². The minimum atomic E-state index is -0.0148. The van der Waals surface area contributed by atoms with E-state index in [1.807, 2.05) is 13.0 Å². The van der Waals surface area contributed by atoms with Crippen LogP contribution in [-0.2, 0) is 13.0 Å². The molecule has 0 amide bonds. The molecule has 2 N–H and O–H groups in total. The monoisotopic (exact) mass is 281 g/mol. The standard InChI is InChI=1S/C12H15N3OS2/c1-3-8-4-9-11(18-8)14-6-15(12(9)16)5-7(2)10(13)17/h4,6-7H,3,5H2,1-2H3,(H2,13,17). The second kappa shape index (κ2) is 5.16. The number of nitrogens with two attached hydrogens (primary N) is 1. The molecule has 0 aliphatic carbocycles. The summed E-state index contributed by atoms with van der Waals surface area (Å²) in [6.07, 6.45) is 2.50. The lowest BCUT2D eigenvalue weighted by molar-refractivity contribution is 0.577. The van der Waals surface area contributed by atoms with E-state index >= 15 is 0 Å². The van der Waals surface area contributed by atoms with Gasteiger partial charge in [-0.3, -0.25) is 9.36 Å². The minimum absolute atomic E-state index is 0.0127. The van der Waals surface area contributed by atoms with E-state index in [4.69, 9.17) is 18.0 Å². The molecule has 0 bridgehead atoms. The highest BCUT2D eigenvalue weighted by Crippen LogP contribution is 2.21. The zero-order valence-electron chi connectivity index (χ0n) is 10.3. The van der Waals surface area contributed by atoms with Gasteiger partial charge in [0.25, 0.3) is 5.56 Å². The molecule has 2 aromatic rings.